The molecule has 0 saturated heterocycles. The van der Waals surface area contributed by atoms with Crippen molar-refractivity contribution in [1.29, 1.82) is 5.26 Å². The third-order valence-electron chi connectivity index (χ3n) is 1.83. The van der Waals surface area contributed by atoms with E-state index in [4.69, 9.17) is 9.78 Å². The van der Waals surface area contributed by atoms with Crippen LogP contribution in [0.4, 0.5) is 0 Å². The van der Waals surface area contributed by atoms with Crippen LogP contribution < -0.4 is 0 Å². The highest BCUT2D eigenvalue weighted by Crippen LogP contribution is 2.04. The van der Waals surface area contributed by atoms with E-state index >= 15 is 0 Å². The van der Waals surface area contributed by atoms with Crippen LogP contribution in [0.25, 0.3) is 0 Å². The van der Waals surface area contributed by atoms with E-state index in [0.29, 0.717) is 24.0 Å². The first-order valence-corrected chi connectivity index (χ1v) is 4.14. The second-order valence-corrected chi connectivity index (χ2v) is 2.86. The Kier molecular flexibility index (Phi) is 2.03. The summed E-state index contributed by atoms with van der Waals surface area (Å²) in [6.07, 6.45) is 1.81. The molecule has 0 N–H and O–H groups in total. The van der Waals surface area contributed by atoms with Gasteiger partial charge in [0.05, 0.1) is 6.54 Å². The molecule has 2 aromatic heterocycles. The minimum absolute atomic E-state index is 0.466. The lowest BCUT2D eigenvalue weighted by molar-refractivity contribution is 0.386. The highest BCUT2D eigenvalue weighted by atomic mass is 16.5. The Balaban J connectivity index is 2.23. The average Bonchev–Trinajstić information content (AvgIpc) is 2.76. The lowest BCUT2D eigenvalue weighted by atomic mass is 10.4. The molecule has 0 radical (unpaired) electrons. The lowest BCUT2D eigenvalue weighted by Gasteiger charge is -1.98. The molecule has 0 aliphatic heterocycles. The van der Waals surface area contributed by atoms with E-state index in [1.807, 2.05) is 12.3 Å². The van der Waals surface area contributed by atoms with Crippen molar-refractivity contribution in [1.82, 2.24) is 14.7 Å². The first-order chi connectivity index (χ1) is 6.79. The third-order valence-corrected chi connectivity index (χ3v) is 1.83. The van der Waals surface area contributed by atoms with Crippen LogP contribution in [0.1, 0.15) is 17.4 Å². The molecule has 2 heterocycles. The highest BCUT2D eigenvalue weighted by molar-refractivity contribution is 5.22. The second-order valence-electron chi connectivity index (χ2n) is 2.86. The van der Waals surface area contributed by atoms with E-state index in [-0.39, 0.29) is 0 Å². The Hall–Kier alpha value is -2.09. The average molecular weight is 188 g/mol. The topological polar surface area (TPSA) is 67.6 Å². The Morgan fingerprint density at radius 1 is 1.64 bits per heavy atom. The third kappa shape index (κ3) is 1.50. The smallest absolute Gasteiger partial charge is 0.223 e. The molecule has 14 heavy (non-hydrogen) atoms. The molecule has 5 nitrogen and oxygen atoms in total. The Morgan fingerprint density at radius 2 is 2.50 bits per heavy atom. The maximum absolute atomic E-state index is 8.76. The van der Waals surface area contributed by atoms with Crippen LogP contribution in [0.2, 0.25) is 0 Å². The predicted octanol–water partition coefficient (Wildman–Crippen LogP) is 1.10. The fourth-order valence-electron chi connectivity index (χ4n) is 1.21. The summed E-state index contributed by atoms with van der Waals surface area (Å²) in [6.45, 7) is 2.20. The summed E-state index contributed by atoms with van der Waals surface area (Å²) in [6, 6.07) is 5.63. The van der Waals surface area contributed by atoms with Crippen molar-refractivity contribution >= 4 is 0 Å². The maximum Gasteiger partial charge on any atom is 0.223 e. The van der Waals surface area contributed by atoms with Gasteiger partial charge >= 0.3 is 0 Å². The van der Waals surface area contributed by atoms with Crippen molar-refractivity contribution in [3.05, 3.63) is 35.7 Å². The lowest BCUT2D eigenvalue weighted by Crippen LogP contribution is -2.02. The van der Waals surface area contributed by atoms with E-state index in [9.17, 15) is 0 Å². The largest absolute Gasteiger partial charge is 0.340 e. The Morgan fingerprint density at radius 3 is 3.14 bits per heavy atom. The van der Waals surface area contributed by atoms with E-state index in [1.165, 1.54) is 0 Å². The van der Waals surface area contributed by atoms with Gasteiger partial charge < -0.3 is 9.09 Å². The molecule has 0 spiro atoms. The van der Waals surface area contributed by atoms with Crippen LogP contribution in [0.3, 0.4) is 0 Å². The Labute approximate surface area is 80.6 Å². The monoisotopic (exact) mass is 188 g/mol. The number of hydrogen-bond acceptors (Lipinski definition) is 4. The van der Waals surface area contributed by atoms with Gasteiger partial charge in [-0.15, -0.1) is 0 Å². The molecule has 2 rings (SSSR count). The second kappa shape index (κ2) is 3.34. The zero-order chi connectivity index (χ0) is 9.97. The number of aromatic nitrogens is 3. The van der Waals surface area contributed by atoms with Gasteiger partial charge in [0, 0.05) is 13.1 Å². The van der Waals surface area contributed by atoms with Gasteiger partial charge in [-0.2, -0.15) is 10.2 Å². The molecular formula is C9H8N4O. The van der Waals surface area contributed by atoms with E-state index in [2.05, 4.69) is 16.2 Å². The van der Waals surface area contributed by atoms with Gasteiger partial charge in [-0.1, -0.05) is 5.16 Å². The molecule has 0 unspecified atom stereocenters. The maximum atomic E-state index is 8.76. The fraction of sp³-hybridized carbons (Fsp3) is 0.222. The molecule has 0 amide bonds. The zero-order valence-electron chi connectivity index (χ0n) is 7.64. The minimum Gasteiger partial charge on any atom is -0.340 e. The molecule has 0 saturated carbocycles. The van der Waals surface area contributed by atoms with Crippen molar-refractivity contribution in [2.24, 2.45) is 0 Å². The summed E-state index contributed by atoms with van der Waals surface area (Å²) >= 11 is 0. The molecule has 70 valence electrons. The SMILES string of the molecule is Cc1nc(Cn2cccc2C#N)no1. The molecule has 0 aliphatic rings. The van der Waals surface area contributed by atoms with Gasteiger partial charge in [-0.05, 0) is 12.1 Å². The Bertz CT molecular complexity index is 477. The van der Waals surface area contributed by atoms with Crippen LogP contribution in [0.5, 0.6) is 0 Å². The predicted molar refractivity (Wildman–Crippen MR) is 47.3 cm³/mol. The highest BCUT2D eigenvalue weighted by Gasteiger charge is 2.05. The van der Waals surface area contributed by atoms with Crippen LogP contribution >= 0.6 is 0 Å². The summed E-state index contributed by atoms with van der Waals surface area (Å²) in [7, 11) is 0. The van der Waals surface area contributed by atoms with Crippen molar-refractivity contribution < 1.29 is 4.52 Å². The normalized spacial score (nSPS) is 10.0. The van der Waals surface area contributed by atoms with Gasteiger partial charge in [-0.25, -0.2) is 0 Å². The first-order valence-electron chi connectivity index (χ1n) is 4.14. The molecule has 0 atom stereocenters. The number of rotatable bonds is 2. The van der Waals surface area contributed by atoms with Gasteiger partial charge in [0.1, 0.15) is 11.8 Å². The van der Waals surface area contributed by atoms with Gasteiger partial charge in [0.25, 0.3) is 0 Å². The van der Waals surface area contributed by atoms with Gasteiger partial charge in [0.15, 0.2) is 5.82 Å². The summed E-state index contributed by atoms with van der Waals surface area (Å²) < 4.78 is 6.60. The summed E-state index contributed by atoms with van der Waals surface area (Å²) in [5.41, 5.74) is 0.590. The number of aryl methyl sites for hydroxylation is 1. The summed E-state index contributed by atoms with van der Waals surface area (Å²) in [5, 5.41) is 12.5. The van der Waals surface area contributed by atoms with Crippen molar-refractivity contribution in [3.8, 4) is 6.07 Å². The molecule has 0 fully saturated rings. The van der Waals surface area contributed by atoms with Crippen molar-refractivity contribution in [3.63, 3.8) is 0 Å². The first kappa shape index (κ1) is 8.51. The minimum atomic E-state index is 0.466. The molecule has 5 heteroatoms. The van der Waals surface area contributed by atoms with Crippen LogP contribution in [0, 0.1) is 18.3 Å². The molecule has 0 aromatic carbocycles. The molecule has 0 aliphatic carbocycles. The molecular weight excluding hydrogens is 180 g/mol. The van der Waals surface area contributed by atoms with E-state index < -0.39 is 0 Å². The van der Waals surface area contributed by atoms with Gasteiger partial charge in [-0.3, -0.25) is 0 Å². The summed E-state index contributed by atoms with van der Waals surface area (Å²) in [4.78, 5) is 4.05. The molecule has 2 aromatic rings. The number of nitrogens with zero attached hydrogens (tertiary/aromatic N) is 4. The summed E-state index contributed by atoms with van der Waals surface area (Å²) in [5.74, 6) is 1.11. The van der Waals surface area contributed by atoms with E-state index in [1.54, 1.807) is 17.6 Å². The molecule has 0 bridgehead atoms. The van der Waals surface area contributed by atoms with Crippen molar-refractivity contribution in [2.45, 2.75) is 13.5 Å². The standard InChI is InChI=1S/C9H8N4O/c1-7-11-9(12-14-7)6-13-4-2-3-8(13)5-10/h2-4H,6H2,1H3. The van der Waals surface area contributed by atoms with Crippen LogP contribution in [-0.2, 0) is 6.54 Å². The van der Waals surface area contributed by atoms with Crippen LogP contribution in [-0.4, -0.2) is 14.7 Å². The van der Waals surface area contributed by atoms with Crippen LogP contribution in [0.15, 0.2) is 22.9 Å². The quantitative estimate of drug-likeness (QED) is 0.707. The zero-order valence-corrected chi connectivity index (χ0v) is 7.64. The van der Waals surface area contributed by atoms with Gasteiger partial charge in [0.2, 0.25) is 5.89 Å². The van der Waals surface area contributed by atoms with E-state index in [0.717, 1.165) is 0 Å². The number of nitriles is 1. The van der Waals surface area contributed by atoms with Crippen molar-refractivity contribution in [2.75, 3.05) is 0 Å². The fourth-order valence-corrected chi connectivity index (χ4v) is 1.21. The number of hydrogen-bond donors (Lipinski definition) is 0.